The van der Waals surface area contributed by atoms with Crippen molar-refractivity contribution in [3.8, 4) is 5.75 Å². The molecule has 0 radical (unpaired) electrons. The van der Waals surface area contributed by atoms with E-state index in [4.69, 9.17) is 4.74 Å². The average molecular weight is 206 g/mol. The largest absolute Gasteiger partial charge is 0.493 e. The van der Waals surface area contributed by atoms with E-state index in [1.165, 1.54) is 24.0 Å². The van der Waals surface area contributed by atoms with Crippen LogP contribution in [0.2, 0.25) is 0 Å². The summed E-state index contributed by atoms with van der Waals surface area (Å²) >= 11 is 0. The molecule has 0 spiro atoms. The third-order valence-corrected chi connectivity index (χ3v) is 2.65. The zero-order valence-corrected chi connectivity index (χ0v) is 10.3. The highest BCUT2D eigenvalue weighted by molar-refractivity contribution is 5.35. The third kappa shape index (κ3) is 3.94. The van der Waals surface area contributed by atoms with Gasteiger partial charge in [-0.3, -0.25) is 0 Å². The van der Waals surface area contributed by atoms with Gasteiger partial charge in [-0.05, 0) is 43.4 Å². The summed E-state index contributed by atoms with van der Waals surface area (Å²) in [6.45, 7) is 9.49. The van der Waals surface area contributed by atoms with Crippen LogP contribution in [0.1, 0.15) is 37.8 Å². The molecule has 1 heteroatoms. The van der Waals surface area contributed by atoms with Crippen molar-refractivity contribution >= 4 is 0 Å². The second-order valence-electron chi connectivity index (χ2n) is 4.47. The maximum atomic E-state index is 5.83. The molecular formula is C14H22O. The molecule has 0 saturated carbocycles. The highest BCUT2D eigenvalue weighted by Crippen LogP contribution is 2.20. The second-order valence-corrected chi connectivity index (χ2v) is 4.47. The average Bonchev–Trinajstić information content (AvgIpc) is 2.20. The Hall–Kier alpha value is -0.980. The van der Waals surface area contributed by atoms with Crippen molar-refractivity contribution in [2.45, 2.75) is 40.5 Å². The quantitative estimate of drug-likeness (QED) is 0.704. The maximum Gasteiger partial charge on any atom is 0.122 e. The van der Waals surface area contributed by atoms with Crippen molar-refractivity contribution in [3.05, 3.63) is 29.3 Å². The Morgan fingerprint density at radius 1 is 1.27 bits per heavy atom. The fraction of sp³-hybridized carbons (Fsp3) is 0.571. The van der Waals surface area contributed by atoms with Crippen molar-refractivity contribution in [1.29, 1.82) is 0 Å². The maximum absolute atomic E-state index is 5.83. The standard InChI is InChI=1S/C14H22O/c1-5-6-12(3)10-15-14-9-11(2)7-8-13(14)4/h7-9,12H,5-6,10H2,1-4H3. The first-order valence-corrected chi connectivity index (χ1v) is 5.83. The van der Waals surface area contributed by atoms with Crippen molar-refractivity contribution in [2.24, 2.45) is 5.92 Å². The molecule has 0 aliphatic heterocycles. The summed E-state index contributed by atoms with van der Waals surface area (Å²) in [6.07, 6.45) is 2.47. The lowest BCUT2D eigenvalue weighted by atomic mass is 10.1. The summed E-state index contributed by atoms with van der Waals surface area (Å²) in [4.78, 5) is 0. The van der Waals surface area contributed by atoms with Gasteiger partial charge in [-0.25, -0.2) is 0 Å². The van der Waals surface area contributed by atoms with Gasteiger partial charge in [-0.1, -0.05) is 32.4 Å². The van der Waals surface area contributed by atoms with Gasteiger partial charge >= 0.3 is 0 Å². The lowest BCUT2D eigenvalue weighted by Crippen LogP contribution is -2.08. The number of rotatable bonds is 5. The lowest BCUT2D eigenvalue weighted by Gasteiger charge is -2.14. The van der Waals surface area contributed by atoms with Crippen LogP contribution in [-0.2, 0) is 0 Å². The van der Waals surface area contributed by atoms with Gasteiger partial charge in [0, 0.05) is 0 Å². The van der Waals surface area contributed by atoms with Gasteiger partial charge in [0.2, 0.25) is 0 Å². The van der Waals surface area contributed by atoms with E-state index in [-0.39, 0.29) is 0 Å². The minimum Gasteiger partial charge on any atom is -0.493 e. The van der Waals surface area contributed by atoms with Crippen LogP contribution < -0.4 is 4.74 Å². The fourth-order valence-electron chi connectivity index (χ4n) is 1.67. The molecule has 84 valence electrons. The van der Waals surface area contributed by atoms with E-state index >= 15 is 0 Å². The molecule has 0 heterocycles. The molecule has 1 unspecified atom stereocenters. The zero-order valence-electron chi connectivity index (χ0n) is 10.3. The Morgan fingerprint density at radius 3 is 2.67 bits per heavy atom. The number of benzene rings is 1. The second kappa shape index (κ2) is 5.79. The van der Waals surface area contributed by atoms with Crippen molar-refractivity contribution < 1.29 is 4.74 Å². The van der Waals surface area contributed by atoms with Gasteiger partial charge in [0.15, 0.2) is 0 Å². The number of hydrogen-bond donors (Lipinski definition) is 0. The Labute approximate surface area is 93.5 Å². The molecule has 0 saturated heterocycles. The minimum atomic E-state index is 0.648. The van der Waals surface area contributed by atoms with Crippen molar-refractivity contribution in [2.75, 3.05) is 6.61 Å². The summed E-state index contributed by atoms with van der Waals surface area (Å²) in [7, 11) is 0. The molecule has 0 fully saturated rings. The van der Waals surface area contributed by atoms with E-state index in [0.717, 1.165) is 12.4 Å². The molecule has 0 aliphatic rings. The summed E-state index contributed by atoms with van der Waals surface area (Å²) in [5.41, 5.74) is 2.49. The van der Waals surface area contributed by atoms with Gasteiger partial charge in [0.05, 0.1) is 6.61 Å². The van der Waals surface area contributed by atoms with Crippen LogP contribution in [-0.4, -0.2) is 6.61 Å². The van der Waals surface area contributed by atoms with Crippen LogP contribution >= 0.6 is 0 Å². The number of ether oxygens (including phenoxy) is 1. The first-order chi connectivity index (χ1) is 7.13. The first-order valence-electron chi connectivity index (χ1n) is 5.83. The van der Waals surface area contributed by atoms with Gasteiger partial charge in [0.1, 0.15) is 5.75 Å². The summed E-state index contributed by atoms with van der Waals surface area (Å²) in [5.74, 6) is 1.69. The zero-order chi connectivity index (χ0) is 11.3. The first kappa shape index (κ1) is 12.1. The molecule has 1 aromatic rings. The molecule has 15 heavy (non-hydrogen) atoms. The Kier molecular flexibility index (Phi) is 4.67. The molecule has 0 N–H and O–H groups in total. The highest BCUT2D eigenvalue weighted by Gasteiger charge is 2.04. The Morgan fingerprint density at radius 2 is 2.00 bits per heavy atom. The molecule has 0 aromatic heterocycles. The van der Waals surface area contributed by atoms with E-state index in [1.807, 2.05) is 0 Å². The van der Waals surface area contributed by atoms with Gasteiger partial charge in [-0.15, -0.1) is 0 Å². The smallest absolute Gasteiger partial charge is 0.122 e. The predicted molar refractivity (Wildman–Crippen MR) is 65.5 cm³/mol. The van der Waals surface area contributed by atoms with Crippen LogP contribution in [0.25, 0.3) is 0 Å². The van der Waals surface area contributed by atoms with Crippen LogP contribution in [0.3, 0.4) is 0 Å². The molecule has 0 bridgehead atoms. The molecule has 1 nitrogen and oxygen atoms in total. The van der Waals surface area contributed by atoms with Crippen LogP contribution in [0.5, 0.6) is 5.75 Å². The summed E-state index contributed by atoms with van der Waals surface area (Å²) in [6, 6.07) is 6.36. The van der Waals surface area contributed by atoms with Gasteiger partial charge < -0.3 is 4.74 Å². The molecule has 0 amide bonds. The predicted octanol–water partition coefficient (Wildman–Crippen LogP) is 4.12. The van der Waals surface area contributed by atoms with Crippen LogP contribution in [0, 0.1) is 19.8 Å². The molecule has 1 atom stereocenters. The van der Waals surface area contributed by atoms with Gasteiger partial charge in [-0.2, -0.15) is 0 Å². The van der Waals surface area contributed by atoms with Crippen LogP contribution in [0.15, 0.2) is 18.2 Å². The highest BCUT2D eigenvalue weighted by atomic mass is 16.5. The monoisotopic (exact) mass is 206 g/mol. The number of hydrogen-bond acceptors (Lipinski definition) is 1. The van der Waals surface area contributed by atoms with E-state index < -0.39 is 0 Å². The Bertz CT molecular complexity index is 304. The van der Waals surface area contributed by atoms with E-state index in [9.17, 15) is 0 Å². The molecule has 0 aliphatic carbocycles. The van der Waals surface area contributed by atoms with E-state index in [2.05, 4.69) is 45.9 Å². The molecule has 1 aromatic carbocycles. The minimum absolute atomic E-state index is 0.648. The Balaban J connectivity index is 2.53. The van der Waals surface area contributed by atoms with E-state index in [1.54, 1.807) is 0 Å². The summed E-state index contributed by atoms with van der Waals surface area (Å²) < 4.78 is 5.83. The van der Waals surface area contributed by atoms with Gasteiger partial charge in [0.25, 0.3) is 0 Å². The normalized spacial score (nSPS) is 12.5. The third-order valence-electron chi connectivity index (χ3n) is 2.65. The molecular weight excluding hydrogens is 184 g/mol. The number of aryl methyl sites for hydroxylation is 2. The van der Waals surface area contributed by atoms with Crippen molar-refractivity contribution in [3.63, 3.8) is 0 Å². The molecule has 1 rings (SSSR count). The van der Waals surface area contributed by atoms with E-state index in [0.29, 0.717) is 5.92 Å². The van der Waals surface area contributed by atoms with Crippen molar-refractivity contribution in [1.82, 2.24) is 0 Å². The fourth-order valence-corrected chi connectivity index (χ4v) is 1.67. The summed E-state index contributed by atoms with van der Waals surface area (Å²) in [5, 5.41) is 0. The lowest BCUT2D eigenvalue weighted by molar-refractivity contribution is 0.250. The topological polar surface area (TPSA) is 9.23 Å². The SMILES string of the molecule is CCCC(C)COc1cc(C)ccc1C. The van der Waals surface area contributed by atoms with Crippen LogP contribution in [0.4, 0.5) is 0 Å².